The van der Waals surface area contributed by atoms with Gasteiger partial charge >= 0.3 is 0 Å². The summed E-state index contributed by atoms with van der Waals surface area (Å²) in [5.41, 5.74) is 1.15. The standard InChI is InChI=1S/C16H20N2O3/c1-11-8-17-16(21-11)10-18-9-13(19)7-15(18)12-4-3-5-14(6-12)20-2/h3-6,8,13,15,19H,7,9-10H2,1-2H3/t13-,15+/m1/s1. The van der Waals surface area contributed by atoms with Crippen molar-refractivity contribution in [1.82, 2.24) is 9.88 Å². The monoisotopic (exact) mass is 288 g/mol. The first kappa shape index (κ1) is 14.1. The molecular weight excluding hydrogens is 268 g/mol. The topological polar surface area (TPSA) is 58.7 Å². The maximum atomic E-state index is 10.0. The second kappa shape index (κ2) is 5.87. The number of likely N-dealkylation sites (tertiary alicyclic amines) is 1. The van der Waals surface area contributed by atoms with Gasteiger partial charge in [-0.05, 0) is 31.0 Å². The number of aromatic nitrogens is 1. The predicted octanol–water partition coefficient (Wildman–Crippen LogP) is 2.30. The molecule has 1 aromatic heterocycles. The van der Waals surface area contributed by atoms with Crippen LogP contribution in [0.15, 0.2) is 34.9 Å². The van der Waals surface area contributed by atoms with E-state index in [9.17, 15) is 5.11 Å². The summed E-state index contributed by atoms with van der Waals surface area (Å²) in [4.78, 5) is 6.45. The van der Waals surface area contributed by atoms with Gasteiger partial charge in [0.05, 0.1) is 26.0 Å². The van der Waals surface area contributed by atoms with Gasteiger partial charge in [-0.1, -0.05) is 12.1 Å². The van der Waals surface area contributed by atoms with E-state index in [1.54, 1.807) is 13.3 Å². The van der Waals surface area contributed by atoms with Gasteiger partial charge in [-0.15, -0.1) is 0 Å². The van der Waals surface area contributed by atoms with Crippen molar-refractivity contribution in [2.75, 3.05) is 13.7 Å². The highest BCUT2D eigenvalue weighted by atomic mass is 16.5. The maximum absolute atomic E-state index is 10.0. The van der Waals surface area contributed by atoms with E-state index in [2.05, 4.69) is 16.0 Å². The van der Waals surface area contributed by atoms with E-state index in [0.717, 1.165) is 17.1 Å². The maximum Gasteiger partial charge on any atom is 0.208 e. The van der Waals surface area contributed by atoms with Crippen molar-refractivity contribution in [2.24, 2.45) is 0 Å². The van der Waals surface area contributed by atoms with Gasteiger partial charge in [0.2, 0.25) is 5.89 Å². The van der Waals surface area contributed by atoms with Crippen molar-refractivity contribution in [1.29, 1.82) is 0 Å². The third-order valence-electron chi connectivity index (χ3n) is 3.87. The molecule has 112 valence electrons. The number of oxazole rings is 1. The van der Waals surface area contributed by atoms with Crippen molar-refractivity contribution >= 4 is 0 Å². The zero-order valence-corrected chi connectivity index (χ0v) is 12.3. The Labute approximate surface area is 124 Å². The molecule has 5 nitrogen and oxygen atoms in total. The fourth-order valence-corrected chi connectivity index (χ4v) is 2.90. The van der Waals surface area contributed by atoms with E-state index >= 15 is 0 Å². The van der Waals surface area contributed by atoms with Crippen molar-refractivity contribution in [2.45, 2.75) is 32.0 Å². The number of ether oxygens (including phenoxy) is 1. The number of aliphatic hydroxyl groups is 1. The van der Waals surface area contributed by atoms with Crippen LogP contribution in [0.3, 0.4) is 0 Å². The summed E-state index contributed by atoms with van der Waals surface area (Å²) >= 11 is 0. The first-order chi connectivity index (χ1) is 10.2. The molecule has 1 fully saturated rings. The smallest absolute Gasteiger partial charge is 0.208 e. The Hall–Kier alpha value is -1.85. The summed E-state index contributed by atoms with van der Waals surface area (Å²) in [6.07, 6.45) is 2.12. The number of hydrogen-bond donors (Lipinski definition) is 1. The molecule has 0 saturated carbocycles. The molecule has 2 aromatic rings. The first-order valence-electron chi connectivity index (χ1n) is 7.13. The third-order valence-corrected chi connectivity index (χ3v) is 3.87. The molecule has 0 spiro atoms. The van der Waals surface area contributed by atoms with Gasteiger partial charge in [-0.3, -0.25) is 4.90 Å². The van der Waals surface area contributed by atoms with Crippen molar-refractivity contribution in [3.63, 3.8) is 0 Å². The average molecular weight is 288 g/mol. The van der Waals surface area contributed by atoms with E-state index in [-0.39, 0.29) is 12.1 Å². The number of rotatable bonds is 4. The Kier molecular flexibility index (Phi) is 3.94. The molecule has 2 heterocycles. The lowest BCUT2D eigenvalue weighted by molar-refractivity contribution is 0.167. The molecule has 1 aliphatic rings. The van der Waals surface area contributed by atoms with Crippen LogP contribution in [-0.4, -0.2) is 34.7 Å². The van der Waals surface area contributed by atoms with Crippen molar-refractivity contribution in [3.8, 4) is 5.75 Å². The third kappa shape index (κ3) is 3.09. The van der Waals surface area contributed by atoms with Crippen LogP contribution in [0.4, 0.5) is 0 Å². The number of benzene rings is 1. The van der Waals surface area contributed by atoms with Gasteiger partial charge in [-0.2, -0.15) is 0 Å². The van der Waals surface area contributed by atoms with Crippen LogP contribution in [0.25, 0.3) is 0 Å². The fraction of sp³-hybridized carbons (Fsp3) is 0.438. The van der Waals surface area contributed by atoms with E-state index in [4.69, 9.17) is 9.15 Å². The Morgan fingerprint density at radius 2 is 2.33 bits per heavy atom. The molecule has 3 rings (SSSR count). The van der Waals surface area contributed by atoms with Gasteiger partial charge in [0.1, 0.15) is 11.5 Å². The molecule has 0 unspecified atom stereocenters. The van der Waals surface area contributed by atoms with E-state index < -0.39 is 0 Å². The molecule has 0 aliphatic carbocycles. The quantitative estimate of drug-likeness (QED) is 0.935. The molecule has 5 heteroatoms. The molecule has 21 heavy (non-hydrogen) atoms. The largest absolute Gasteiger partial charge is 0.497 e. The fourth-order valence-electron chi connectivity index (χ4n) is 2.90. The van der Waals surface area contributed by atoms with Crippen LogP contribution >= 0.6 is 0 Å². The number of β-amino-alcohol motifs (C(OH)–C–C–N with tert-alkyl or cyclic N) is 1. The highest BCUT2D eigenvalue weighted by Gasteiger charge is 2.33. The second-order valence-electron chi connectivity index (χ2n) is 5.48. The highest BCUT2D eigenvalue weighted by molar-refractivity contribution is 5.31. The van der Waals surface area contributed by atoms with Gasteiger partial charge in [0.15, 0.2) is 0 Å². The Morgan fingerprint density at radius 3 is 3.05 bits per heavy atom. The van der Waals surface area contributed by atoms with Crippen molar-refractivity contribution in [3.05, 3.63) is 47.7 Å². The molecule has 1 N–H and O–H groups in total. The highest BCUT2D eigenvalue weighted by Crippen LogP contribution is 2.34. The SMILES string of the molecule is COc1cccc([C@@H]2C[C@@H](O)CN2Cc2ncc(C)o2)c1. The molecular formula is C16H20N2O3. The Bertz CT molecular complexity index is 611. The lowest BCUT2D eigenvalue weighted by Gasteiger charge is -2.23. The lowest BCUT2D eigenvalue weighted by Crippen LogP contribution is -2.24. The number of aryl methyl sites for hydroxylation is 1. The molecule has 1 saturated heterocycles. The van der Waals surface area contributed by atoms with Crippen LogP contribution in [0.5, 0.6) is 5.75 Å². The van der Waals surface area contributed by atoms with Crippen LogP contribution in [-0.2, 0) is 6.54 Å². The minimum Gasteiger partial charge on any atom is -0.497 e. The van der Waals surface area contributed by atoms with E-state index in [1.807, 2.05) is 25.1 Å². The van der Waals surface area contributed by atoms with Crippen LogP contribution < -0.4 is 4.74 Å². The number of nitrogens with zero attached hydrogens (tertiary/aromatic N) is 2. The van der Waals surface area contributed by atoms with Crippen LogP contribution in [0.1, 0.15) is 29.7 Å². The summed E-state index contributed by atoms with van der Waals surface area (Å²) in [6.45, 7) is 3.12. The van der Waals surface area contributed by atoms with E-state index in [0.29, 0.717) is 25.4 Å². The number of hydrogen-bond acceptors (Lipinski definition) is 5. The minimum absolute atomic E-state index is 0.155. The molecule has 2 atom stereocenters. The van der Waals surface area contributed by atoms with Gasteiger partial charge < -0.3 is 14.3 Å². The summed E-state index contributed by atoms with van der Waals surface area (Å²) in [7, 11) is 1.66. The zero-order chi connectivity index (χ0) is 14.8. The minimum atomic E-state index is -0.322. The molecule has 1 aromatic carbocycles. The first-order valence-corrected chi connectivity index (χ1v) is 7.13. The molecule has 0 radical (unpaired) electrons. The van der Waals surface area contributed by atoms with Crippen molar-refractivity contribution < 1.29 is 14.3 Å². The lowest BCUT2D eigenvalue weighted by atomic mass is 10.0. The van der Waals surface area contributed by atoms with Gasteiger partial charge in [0, 0.05) is 12.6 Å². The second-order valence-corrected chi connectivity index (χ2v) is 5.48. The number of methoxy groups -OCH3 is 1. The predicted molar refractivity (Wildman–Crippen MR) is 78.0 cm³/mol. The van der Waals surface area contributed by atoms with E-state index in [1.165, 1.54) is 0 Å². The van der Waals surface area contributed by atoms with Crippen LogP contribution in [0.2, 0.25) is 0 Å². The number of aliphatic hydroxyl groups excluding tert-OH is 1. The Balaban J connectivity index is 1.81. The summed E-state index contributed by atoms with van der Waals surface area (Å²) in [5.74, 6) is 2.33. The molecule has 0 bridgehead atoms. The molecule has 1 aliphatic heterocycles. The average Bonchev–Trinajstić information content (AvgIpc) is 3.05. The normalized spacial score (nSPS) is 22.6. The summed E-state index contributed by atoms with van der Waals surface area (Å²) < 4.78 is 10.8. The van der Waals surface area contributed by atoms with Crippen LogP contribution in [0, 0.1) is 6.92 Å². The summed E-state index contributed by atoms with van der Waals surface area (Å²) in [5, 5.41) is 10.0. The molecule has 0 amide bonds. The zero-order valence-electron chi connectivity index (χ0n) is 12.3. The Morgan fingerprint density at radius 1 is 1.48 bits per heavy atom. The van der Waals surface area contributed by atoms with Gasteiger partial charge in [0.25, 0.3) is 0 Å². The van der Waals surface area contributed by atoms with Gasteiger partial charge in [-0.25, -0.2) is 4.98 Å². The summed E-state index contributed by atoms with van der Waals surface area (Å²) in [6, 6.07) is 8.15.